The van der Waals surface area contributed by atoms with Gasteiger partial charge in [0.25, 0.3) is 0 Å². The van der Waals surface area contributed by atoms with Crippen LogP contribution in [0.2, 0.25) is 5.15 Å². The molecule has 0 aliphatic rings. The largest absolute Gasteiger partial charge is 0.320 e. The minimum atomic E-state index is 0.601. The lowest BCUT2D eigenvalue weighted by Crippen LogP contribution is -2.07. The highest BCUT2D eigenvalue weighted by Gasteiger charge is 2.02. The van der Waals surface area contributed by atoms with Crippen molar-refractivity contribution in [2.24, 2.45) is 0 Å². The standard InChI is InChI=1S/C15H19ClN2/c1-11-9-13-10-12(5-3-4-8-17-2)6-7-14(13)18-15(11)16/h6-7,9-10,17H,3-5,8H2,1-2H3. The fourth-order valence-corrected chi connectivity index (χ4v) is 2.24. The lowest BCUT2D eigenvalue weighted by atomic mass is 10.0. The van der Waals surface area contributed by atoms with Crippen LogP contribution in [0.15, 0.2) is 24.3 Å². The summed E-state index contributed by atoms with van der Waals surface area (Å²) in [6.45, 7) is 3.08. The second kappa shape index (κ2) is 6.17. The maximum absolute atomic E-state index is 6.03. The van der Waals surface area contributed by atoms with Gasteiger partial charge in [-0.1, -0.05) is 17.7 Å². The first-order valence-corrected chi connectivity index (χ1v) is 6.79. The molecule has 0 fully saturated rings. The Bertz CT molecular complexity index is 537. The molecule has 0 unspecified atom stereocenters. The number of halogens is 1. The van der Waals surface area contributed by atoms with Crippen LogP contribution in [0, 0.1) is 6.92 Å². The number of pyridine rings is 1. The van der Waals surface area contributed by atoms with E-state index in [1.807, 2.05) is 14.0 Å². The van der Waals surface area contributed by atoms with Gasteiger partial charge in [0.15, 0.2) is 0 Å². The zero-order valence-electron chi connectivity index (χ0n) is 11.0. The maximum Gasteiger partial charge on any atom is 0.132 e. The van der Waals surface area contributed by atoms with Crippen molar-refractivity contribution in [3.63, 3.8) is 0 Å². The molecule has 0 amide bonds. The number of rotatable bonds is 5. The molecular weight excluding hydrogens is 244 g/mol. The molecule has 0 radical (unpaired) electrons. The highest BCUT2D eigenvalue weighted by atomic mass is 35.5. The fourth-order valence-electron chi connectivity index (χ4n) is 2.09. The minimum Gasteiger partial charge on any atom is -0.320 e. The van der Waals surface area contributed by atoms with E-state index in [0.29, 0.717) is 5.15 Å². The number of unbranched alkanes of at least 4 members (excludes halogenated alkanes) is 1. The average molecular weight is 263 g/mol. The highest BCUT2D eigenvalue weighted by Crippen LogP contribution is 2.21. The van der Waals surface area contributed by atoms with Crippen molar-refractivity contribution < 1.29 is 0 Å². The van der Waals surface area contributed by atoms with Gasteiger partial charge in [0.05, 0.1) is 5.52 Å². The van der Waals surface area contributed by atoms with Crippen LogP contribution in [0.25, 0.3) is 10.9 Å². The van der Waals surface area contributed by atoms with Crippen molar-refractivity contribution in [3.05, 3.63) is 40.5 Å². The van der Waals surface area contributed by atoms with Gasteiger partial charge in [-0.05, 0) is 69.1 Å². The molecule has 2 aromatic rings. The highest BCUT2D eigenvalue weighted by molar-refractivity contribution is 6.30. The first-order valence-electron chi connectivity index (χ1n) is 6.41. The lowest BCUT2D eigenvalue weighted by Gasteiger charge is -2.05. The van der Waals surface area contributed by atoms with Crippen LogP contribution >= 0.6 is 11.6 Å². The summed E-state index contributed by atoms with van der Waals surface area (Å²) in [4.78, 5) is 4.38. The predicted octanol–water partition coefficient (Wildman–Crippen LogP) is 3.74. The number of aryl methyl sites for hydroxylation is 2. The molecule has 1 aromatic carbocycles. The van der Waals surface area contributed by atoms with Crippen LogP contribution in [0.1, 0.15) is 24.0 Å². The second-order valence-corrected chi connectivity index (χ2v) is 5.04. The number of fused-ring (bicyclic) bond motifs is 1. The van der Waals surface area contributed by atoms with E-state index in [4.69, 9.17) is 11.6 Å². The second-order valence-electron chi connectivity index (χ2n) is 4.68. The molecule has 96 valence electrons. The average Bonchev–Trinajstić information content (AvgIpc) is 2.36. The molecule has 0 saturated heterocycles. The molecule has 0 aliphatic heterocycles. The number of aromatic nitrogens is 1. The van der Waals surface area contributed by atoms with Gasteiger partial charge in [0.2, 0.25) is 0 Å². The van der Waals surface area contributed by atoms with E-state index in [0.717, 1.165) is 24.0 Å². The Morgan fingerprint density at radius 3 is 2.83 bits per heavy atom. The Morgan fingerprint density at radius 2 is 2.06 bits per heavy atom. The van der Waals surface area contributed by atoms with E-state index in [2.05, 4.69) is 34.6 Å². The molecule has 18 heavy (non-hydrogen) atoms. The summed E-state index contributed by atoms with van der Waals surface area (Å²) in [5.74, 6) is 0. The summed E-state index contributed by atoms with van der Waals surface area (Å²) < 4.78 is 0. The predicted molar refractivity (Wildman–Crippen MR) is 78.4 cm³/mol. The summed E-state index contributed by atoms with van der Waals surface area (Å²) in [6.07, 6.45) is 3.55. The maximum atomic E-state index is 6.03. The first-order chi connectivity index (χ1) is 8.70. The Labute approximate surface area is 113 Å². The van der Waals surface area contributed by atoms with Gasteiger partial charge in [-0.25, -0.2) is 4.98 Å². The molecule has 1 aromatic heterocycles. The molecular formula is C15H19ClN2. The number of benzene rings is 1. The van der Waals surface area contributed by atoms with Crippen molar-refractivity contribution >= 4 is 22.5 Å². The van der Waals surface area contributed by atoms with Gasteiger partial charge in [0.1, 0.15) is 5.15 Å². The third kappa shape index (κ3) is 3.21. The van der Waals surface area contributed by atoms with Gasteiger partial charge in [-0.2, -0.15) is 0 Å². The van der Waals surface area contributed by atoms with E-state index in [-0.39, 0.29) is 0 Å². The molecule has 0 bridgehead atoms. The van der Waals surface area contributed by atoms with Crippen molar-refractivity contribution in [2.75, 3.05) is 13.6 Å². The number of nitrogens with zero attached hydrogens (tertiary/aromatic N) is 1. The number of hydrogen-bond acceptors (Lipinski definition) is 2. The Balaban J connectivity index is 2.14. The SMILES string of the molecule is CNCCCCc1ccc2nc(Cl)c(C)cc2c1. The van der Waals surface area contributed by atoms with Crippen LogP contribution in [-0.2, 0) is 6.42 Å². The normalized spacial score (nSPS) is 11.1. The third-order valence-electron chi connectivity index (χ3n) is 3.15. The molecule has 1 N–H and O–H groups in total. The molecule has 0 spiro atoms. The Morgan fingerprint density at radius 1 is 1.22 bits per heavy atom. The van der Waals surface area contributed by atoms with E-state index < -0.39 is 0 Å². The number of hydrogen-bond donors (Lipinski definition) is 1. The Kier molecular flexibility index (Phi) is 4.56. The summed E-state index contributed by atoms with van der Waals surface area (Å²) in [5, 5.41) is 4.96. The van der Waals surface area contributed by atoms with E-state index in [1.54, 1.807) is 0 Å². The zero-order chi connectivity index (χ0) is 13.0. The fraction of sp³-hybridized carbons (Fsp3) is 0.400. The van der Waals surface area contributed by atoms with Crippen LogP contribution in [0.4, 0.5) is 0 Å². The monoisotopic (exact) mass is 262 g/mol. The van der Waals surface area contributed by atoms with Crippen molar-refractivity contribution in [2.45, 2.75) is 26.2 Å². The molecule has 2 rings (SSSR count). The van der Waals surface area contributed by atoms with Crippen molar-refractivity contribution in [1.29, 1.82) is 0 Å². The summed E-state index contributed by atoms with van der Waals surface area (Å²) in [7, 11) is 1.99. The van der Waals surface area contributed by atoms with Gasteiger partial charge < -0.3 is 5.32 Å². The summed E-state index contributed by atoms with van der Waals surface area (Å²) in [6, 6.07) is 8.56. The third-order valence-corrected chi connectivity index (χ3v) is 3.53. The first kappa shape index (κ1) is 13.3. The Hall–Kier alpha value is -1.12. The summed E-state index contributed by atoms with van der Waals surface area (Å²) >= 11 is 6.03. The van der Waals surface area contributed by atoms with Crippen LogP contribution < -0.4 is 5.32 Å². The number of nitrogens with one attached hydrogen (secondary N) is 1. The molecule has 0 atom stereocenters. The molecule has 2 nitrogen and oxygen atoms in total. The van der Waals surface area contributed by atoms with Crippen LogP contribution in [0.5, 0.6) is 0 Å². The topological polar surface area (TPSA) is 24.9 Å². The molecule has 3 heteroatoms. The van der Waals surface area contributed by atoms with Crippen LogP contribution in [-0.4, -0.2) is 18.6 Å². The van der Waals surface area contributed by atoms with Crippen LogP contribution in [0.3, 0.4) is 0 Å². The van der Waals surface area contributed by atoms with Crippen molar-refractivity contribution in [1.82, 2.24) is 10.3 Å². The molecule has 1 heterocycles. The lowest BCUT2D eigenvalue weighted by molar-refractivity contribution is 0.677. The van der Waals surface area contributed by atoms with Gasteiger partial charge >= 0.3 is 0 Å². The molecule has 0 aliphatic carbocycles. The van der Waals surface area contributed by atoms with Gasteiger partial charge in [-0.3, -0.25) is 0 Å². The van der Waals surface area contributed by atoms with Crippen molar-refractivity contribution in [3.8, 4) is 0 Å². The zero-order valence-corrected chi connectivity index (χ0v) is 11.7. The minimum absolute atomic E-state index is 0.601. The molecule has 0 saturated carbocycles. The summed E-state index contributed by atoms with van der Waals surface area (Å²) in [5.41, 5.74) is 3.39. The van der Waals surface area contributed by atoms with Gasteiger partial charge in [0, 0.05) is 5.39 Å². The quantitative estimate of drug-likeness (QED) is 0.656. The van der Waals surface area contributed by atoms with E-state index >= 15 is 0 Å². The van der Waals surface area contributed by atoms with E-state index in [9.17, 15) is 0 Å². The smallest absolute Gasteiger partial charge is 0.132 e. The van der Waals surface area contributed by atoms with Gasteiger partial charge in [-0.15, -0.1) is 0 Å². The van der Waals surface area contributed by atoms with E-state index in [1.165, 1.54) is 23.8 Å².